The summed E-state index contributed by atoms with van der Waals surface area (Å²) in [6, 6.07) is 8.02. The third-order valence-corrected chi connectivity index (χ3v) is 10.8. The molecule has 0 radical (unpaired) electrons. The lowest BCUT2D eigenvalue weighted by Gasteiger charge is -2.45. The van der Waals surface area contributed by atoms with Crippen molar-refractivity contribution in [2.45, 2.75) is 90.6 Å². The normalized spacial score (nSPS) is 20.6. The van der Waals surface area contributed by atoms with Crippen LogP contribution in [-0.2, 0) is 29.9 Å². The Morgan fingerprint density at radius 1 is 1.07 bits per heavy atom. The van der Waals surface area contributed by atoms with Crippen molar-refractivity contribution in [3.63, 3.8) is 0 Å². The topological polar surface area (TPSA) is 136 Å². The van der Waals surface area contributed by atoms with E-state index in [9.17, 15) is 28.4 Å². The maximum atomic E-state index is 14.3. The minimum absolute atomic E-state index is 0.0224. The van der Waals surface area contributed by atoms with Crippen molar-refractivity contribution >= 4 is 25.5 Å². The van der Waals surface area contributed by atoms with Crippen LogP contribution in [0.15, 0.2) is 42.7 Å². The fourth-order valence-corrected chi connectivity index (χ4v) is 8.42. The van der Waals surface area contributed by atoms with E-state index in [2.05, 4.69) is 4.98 Å². The van der Waals surface area contributed by atoms with Gasteiger partial charge >= 0.3 is 18.2 Å². The van der Waals surface area contributed by atoms with Gasteiger partial charge in [-0.3, -0.25) is 19.2 Å². The molecule has 0 aliphatic carbocycles. The first-order chi connectivity index (χ1) is 21.4. The first-order valence-corrected chi connectivity index (χ1v) is 17.3. The summed E-state index contributed by atoms with van der Waals surface area (Å²) in [5.41, 5.74) is 0.408. The van der Waals surface area contributed by atoms with Crippen molar-refractivity contribution in [2.24, 2.45) is 0 Å². The summed E-state index contributed by atoms with van der Waals surface area (Å²) < 4.78 is 45.2. The van der Waals surface area contributed by atoms with Crippen LogP contribution in [0.4, 0.5) is 14.0 Å². The number of carbonyl (C=O) groups is 3. The lowest BCUT2D eigenvalue weighted by Crippen LogP contribution is -2.54. The van der Waals surface area contributed by atoms with E-state index >= 15 is 0 Å². The predicted molar refractivity (Wildman–Crippen MR) is 172 cm³/mol. The van der Waals surface area contributed by atoms with Crippen molar-refractivity contribution in [1.82, 2.24) is 14.8 Å². The molecule has 1 N–H and O–H groups in total. The molecule has 2 amide bonds. The maximum Gasteiger partial charge on any atom is 0.419 e. The second-order valence-electron chi connectivity index (χ2n) is 13.5. The van der Waals surface area contributed by atoms with E-state index in [1.165, 1.54) is 12.1 Å². The summed E-state index contributed by atoms with van der Waals surface area (Å²) in [7, 11) is -3.70. The van der Waals surface area contributed by atoms with E-state index in [0.29, 0.717) is 12.1 Å². The second-order valence-corrected chi connectivity index (χ2v) is 16.4. The Labute approximate surface area is 270 Å². The van der Waals surface area contributed by atoms with Gasteiger partial charge in [-0.05, 0) is 97.1 Å². The summed E-state index contributed by atoms with van der Waals surface area (Å²) >= 11 is 0. The van der Waals surface area contributed by atoms with E-state index in [1.807, 2.05) is 11.0 Å². The minimum Gasteiger partial charge on any atom is -0.480 e. The van der Waals surface area contributed by atoms with E-state index in [0.717, 1.165) is 16.0 Å². The molecule has 1 aliphatic rings. The zero-order valence-corrected chi connectivity index (χ0v) is 28.8. The molecule has 46 heavy (non-hydrogen) atoms. The van der Waals surface area contributed by atoms with Gasteiger partial charge in [-0.15, -0.1) is 0 Å². The fourth-order valence-electron chi connectivity index (χ4n) is 5.44. The zero-order valence-electron chi connectivity index (χ0n) is 27.9. The molecule has 11 nitrogen and oxygen atoms in total. The Kier molecular flexibility index (Phi) is 12.1. The summed E-state index contributed by atoms with van der Waals surface area (Å²) in [4.78, 5) is 45.8. The van der Waals surface area contributed by atoms with E-state index < -0.39 is 47.7 Å². The average Bonchev–Trinajstić information content (AvgIpc) is 2.94. The zero-order chi connectivity index (χ0) is 34.3. The highest BCUT2D eigenvalue weighted by Crippen LogP contribution is 2.63. The smallest absolute Gasteiger partial charge is 0.419 e. The molecule has 2 aromatic rings. The third kappa shape index (κ3) is 9.59. The van der Waals surface area contributed by atoms with Gasteiger partial charge in [-0.25, -0.2) is 18.9 Å². The number of rotatable bonds is 11. The summed E-state index contributed by atoms with van der Waals surface area (Å²) in [6.07, 6.45) is 1.95. The highest BCUT2D eigenvalue weighted by Gasteiger charge is 2.58. The number of pyridine rings is 1. The van der Waals surface area contributed by atoms with Crippen LogP contribution < -0.4 is 0 Å². The molecule has 1 aromatic carbocycles. The minimum atomic E-state index is -3.70. The Bertz CT molecular complexity index is 1400. The second kappa shape index (κ2) is 15.0. The molecular weight excluding hydrogens is 616 g/mol. The molecule has 1 fully saturated rings. The van der Waals surface area contributed by atoms with Crippen LogP contribution in [0.5, 0.6) is 0 Å². The Hall–Kier alpha value is -3.34. The standard InChI is InChI=1S/C33H47FN3O8P/c1-8-43-46(42)19-18-36(22-25-13-14-26(34)20-27(25)24-12-11-16-35-21-24)23-33(46,28(38)39)15-9-10-17-37(29(40)44-31(2,3)4)30(41)45-32(5,6)7/h11-14,16,20-21H,8-10,15,17-19,22-23H2,1-7H3,(H,38,39)/t33-,46?/m0/s1. The van der Waals surface area contributed by atoms with Crippen molar-refractivity contribution < 1.29 is 42.4 Å². The van der Waals surface area contributed by atoms with Crippen LogP contribution in [0.25, 0.3) is 11.1 Å². The van der Waals surface area contributed by atoms with Gasteiger partial charge in [-0.1, -0.05) is 12.1 Å². The van der Waals surface area contributed by atoms with Crippen LogP contribution in [0.2, 0.25) is 0 Å². The number of nitrogens with zero attached hydrogens (tertiary/aromatic N) is 3. The number of hydrogen-bond donors (Lipinski definition) is 1. The predicted octanol–water partition coefficient (Wildman–Crippen LogP) is 7.18. The monoisotopic (exact) mass is 663 g/mol. The van der Waals surface area contributed by atoms with Crippen LogP contribution >= 0.6 is 7.37 Å². The number of amides is 2. The van der Waals surface area contributed by atoms with Crippen LogP contribution in [0.1, 0.15) is 73.3 Å². The molecule has 2 heterocycles. The van der Waals surface area contributed by atoms with E-state index in [-0.39, 0.29) is 51.7 Å². The molecule has 0 bridgehead atoms. The number of aliphatic carboxylic acids is 1. The highest BCUT2D eigenvalue weighted by atomic mass is 31.2. The average molecular weight is 664 g/mol. The molecule has 1 aromatic heterocycles. The van der Waals surface area contributed by atoms with Crippen molar-refractivity contribution in [2.75, 3.05) is 32.4 Å². The number of carboxylic acid groups (broad SMARTS) is 1. The quantitative estimate of drug-likeness (QED) is 0.194. The van der Waals surface area contributed by atoms with Gasteiger partial charge in [0.15, 0.2) is 5.16 Å². The third-order valence-electron chi connectivity index (χ3n) is 7.47. The molecule has 1 unspecified atom stereocenters. The first-order valence-electron chi connectivity index (χ1n) is 15.5. The SMILES string of the molecule is CCOP1(=O)CCN(Cc2ccc(F)cc2-c2cccnc2)C[C@@]1(CCCCN(C(=O)OC(C)(C)C)C(=O)OC(C)(C)C)C(=O)O. The molecule has 0 saturated carbocycles. The number of carbonyl (C=O) groups excluding carboxylic acids is 2. The van der Waals surface area contributed by atoms with Crippen LogP contribution in [0, 0.1) is 5.82 Å². The van der Waals surface area contributed by atoms with Crippen molar-refractivity contribution in [3.8, 4) is 11.1 Å². The number of halogens is 1. The van der Waals surface area contributed by atoms with Crippen molar-refractivity contribution in [1.29, 1.82) is 0 Å². The van der Waals surface area contributed by atoms with Crippen LogP contribution in [-0.4, -0.2) is 86.8 Å². The molecule has 1 saturated heterocycles. The lowest BCUT2D eigenvalue weighted by molar-refractivity contribution is -0.141. The van der Waals surface area contributed by atoms with Crippen molar-refractivity contribution in [3.05, 3.63) is 54.1 Å². The number of benzene rings is 1. The summed E-state index contributed by atoms with van der Waals surface area (Å²) in [5.74, 6) is -1.65. The van der Waals surface area contributed by atoms with Gasteiger partial charge in [0.25, 0.3) is 0 Å². The van der Waals surface area contributed by atoms with Gasteiger partial charge < -0.3 is 19.1 Å². The Morgan fingerprint density at radius 2 is 1.72 bits per heavy atom. The van der Waals surface area contributed by atoms with Gasteiger partial charge in [0, 0.05) is 50.3 Å². The molecule has 13 heteroatoms. The van der Waals surface area contributed by atoms with E-state index in [4.69, 9.17) is 14.0 Å². The Balaban J connectivity index is 1.84. The molecular formula is C33H47FN3O8P. The molecule has 0 spiro atoms. The first kappa shape index (κ1) is 37.1. The maximum absolute atomic E-state index is 14.3. The molecule has 254 valence electrons. The molecule has 3 rings (SSSR count). The number of imide groups is 1. The summed E-state index contributed by atoms with van der Waals surface area (Å²) in [6.45, 7) is 12.3. The lowest BCUT2D eigenvalue weighted by atomic mass is 9.97. The van der Waals surface area contributed by atoms with Gasteiger partial charge in [-0.2, -0.15) is 0 Å². The number of hydrogen-bond acceptors (Lipinski definition) is 9. The summed E-state index contributed by atoms with van der Waals surface area (Å²) in [5, 5.41) is 8.91. The molecule has 1 aliphatic heterocycles. The fraction of sp³-hybridized carbons (Fsp3) is 0.576. The van der Waals surface area contributed by atoms with Gasteiger partial charge in [0.1, 0.15) is 17.0 Å². The number of carboxylic acids is 1. The highest BCUT2D eigenvalue weighted by molar-refractivity contribution is 7.62. The Morgan fingerprint density at radius 3 is 2.26 bits per heavy atom. The number of ether oxygens (including phenoxy) is 2. The largest absolute Gasteiger partial charge is 0.480 e. The number of aromatic nitrogens is 1. The number of unbranched alkanes of at least 4 members (excludes halogenated alkanes) is 1. The van der Waals surface area contributed by atoms with Crippen LogP contribution in [0.3, 0.4) is 0 Å². The van der Waals surface area contributed by atoms with Gasteiger partial charge in [0.2, 0.25) is 7.37 Å². The van der Waals surface area contributed by atoms with E-state index in [1.54, 1.807) is 73.0 Å². The molecule has 2 atom stereocenters. The van der Waals surface area contributed by atoms with Gasteiger partial charge in [0.05, 0.1) is 6.61 Å².